The molecular formula is C9H16N2O4S. The van der Waals surface area contributed by atoms with E-state index in [1.165, 1.54) is 0 Å². The minimum atomic E-state index is -0.733. The maximum absolute atomic E-state index is 11.2. The molecule has 2 N–H and O–H groups in total. The highest BCUT2D eigenvalue weighted by Crippen LogP contribution is 2.18. The predicted octanol–water partition coefficient (Wildman–Crippen LogP) is -0.721. The van der Waals surface area contributed by atoms with Crippen molar-refractivity contribution >= 4 is 22.9 Å². The van der Waals surface area contributed by atoms with Gasteiger partial charge in [-0.1, -0.05) is 11.8 Å². The van der Waals surface area contributed by atoms with Crippen LogP contribution in [0.4, 0.5) is 4.79 Å². The number of imide groups is 1. The topological polar surface area (TPSA) is 78.9 Å². The molecular weight excluding hydrogens is 232 g/mol. The first kappa shape index (κ1) is 13.4. The second-order valence-electron chi connectivity index (χ2n) is 3.41. The molecule has 1 fully saturated rings. The molecule has 0 bridgehead atoms. The van der Waals surface area contributed by atoms with Gasteiger partial charge in [-0.25, -0.2) is 0 Å². The molecule has 1 atom stereocenters. The van der Waals surface area contributed by atoms with Gasteiger partial charge in [0.1, 0.15) is 0 Å². The summed E-state index contributed by atoms with van der Waals surface area (Å²) in [6.07, 6.45) is -0.733. The third-order valence-electron chi connectivity index (χ3n) is 2.10. The highest BCUT2D eigenvalue weighted by atomic mass is 32.2. The van der Waals surface area contributed by atoms with Crippen LogP contribution in [-0.4, -0.2) is 66.4 Å². The first-order valence-electron chi connectivity index (χ1n) is 5.00. The largest absolute Gasteiger partial charge is 0.390 e. The van der Waals surface area contributed by atoms with Gasteiger partial charge < -0.3 is 15.2 Å². The van der Waals surface area contributed by atoms with Crippen molar-refractivity contribution in [3.63, 3.8) is 0 Å². The fourth-order valence-electron chi connectivity index (χ4n) is 1.28. The van der Waals surface area contributed by atoms with Crippen LogP contribution in [0.5, 0.6) is 0 Å². The number of β-amino-alcohol motifs (C(OH)–C–C–N with tert-alkyl or cyclic N) is 1. The number of thioether (sulfide) groups is 1. The molecule has 6 nitrogen and oxygen atoms in total. The van der Waals surface area contributed by atoms with Crippen LogP contribution < -0.4 is 5.32 Å². The van der Waals surface area contributed by atoms with Crippen molar-refractivity contribution in [1.82, 2.24) is 10.2 Å². The molecule has 0 spiro atoms. The minimum Gasteiger partial charge on any atom is -0.390 e. The number of ether oxygens (including phenoxy) is 1. The number of hydrogen-bond donors (Lipinski definition) is 2. The number of aliphatic hydroxyl groups excluding tert-OH is 1. The van der Waals surface area contributed by atoms with Crippen LogP contribution in [0.3, 0.4) is 0 Å². The maximum atomic E-state index is 11.2. The Labute approximate surface area is 98.3 Å². The van der Waals surface area contributed by atoms with E-state index in [2.05, 4.69) is 5.32 Å². The first-order valence-corrected chi connectivity index (χ1v) is 5.98. The summed E-state index contributed by atoms with van der Waals surface area (Å²) in [6, 6.07) is 0. The normalized spacial score (nSPS) is 18.2. The van der Waals surface area contributed by atoms with Crippen molar-refractivity contribution in [3.05, 3.63) is 0 Å². The van der Waals surface area contributed by atoms with E-state index in [0.717, 1.165) is 16.7 Å². The Morgan fingerprint density at radius 3 is 2.94 bits per heavy atom. The van der Waals surface area contributed by atoms with Crippen molar-refractivity contribution in [2.24, 2.45) is 0 Å². The number of hydrogen-bond acceptors (Lipinski definition) is 6. The summed E-state index contributed by atoms with van der Waals surface area (Å²) in [5, 5.41) is 12.3. The Morgan fingerprint density at radius 1 is 1.62 bits per heavy atom. The van der Waals surface area contributed by atoms with Gasteiger partial charge >= 0.3 is 0 Å². The Balaban J connectivity index is 2.20. The molecule has 0 aromatic heterocycles. The molecule has 1 rings (SSSR count). The average molecular weight is 248 g/mol. The summed E-state index contributed by atoms with van der Waals surface area (Å²) < 4.78 is 4.83. The zero-order valence-electron chi connectivity index (χ0n) is 9.14. The van der Waals surface area contributed by atoms with E-state index < -0.39 is 6.10 Å². The van der Waals surface area contributed by atoms with Crippen LogP contribution in [-0.2, 0) is 9.53 Å². The van der Waals surface area contributed by atoms with Gasteiger partial charge in [0.25, 0.3) is 5.24 Å². The van der Waals surface area contributed by atoms with Crippen LogP contribution in [0.25, 0.3) is 0 Å². The van der Waals surface area contributed by atoms with Crippen molar-refractivity contribution in [3.8, 4) is 0 Å². The second-order valence-corrected chi connectivity index (χ2v) is 4.34. The standard InChI is InChI=1S/C9H16N2O4S/c1-15-3-2-10-4-7(12)5-11-8(13)6-16-9(11)14/h7,10,12H,2-6H2,1H3. The maximum Gasteiger partial charge on any atom is 0.288 e. The number of amides is 2. The van der Waals surface area contributed by atoms with Gasteiger partial charge in [-0.2, -0.15) is 0 Å². The van der Waals surface area contributed by atoms with Crippen LogP contribution >= 0.6 is 11.8 Å². The summed E-state index contributed by atoms with van der Waals surface area (Å²) in [5.41, 5.74) is 0. The van der Waals surface area contributed by atoms with Gasteiger partial charge in [0.15, 0.2) is 0 Å². The van der Waals surface area contributed by atoms with Gasteiger partial charge in [-0.15, -0.1) is 0 Å². The lowest BCUT2D eigenvalue weighted by molar-refractivity contribution is -0.125. The fourth-order valence-corrected chi connectivity index (χ4v) is 2.01. The van der Waals surface area contributed by atoms with E-state index in [1.54, 1.807) is 7.11 Å². The first-order chi connectivity index (χ1) is 7.65. The van der Waals surface area contributed by atoms with E-state index in [0.29, 0.717) is 19.7 Å². The van der Waals surface area contributed by atoms with Gasteiger partial charge in [0.2, 0.25) is 5.91 Å². The number of aliphatic hydroxyl groups is 1. The van der Waals surface area contributed by atoms with Crippen molar-refractivity contribution in [2.45, 2.75) is 6.10 Å². The highest BCUT2D eigenvalue weighted by molar-refractivity contribution is 8.14. The number of rotatable bonds is 7. The zero-order chi connectivity index (χ0) is 12.0. The summed E-state index contributed by atoms with van der Waals surface area (Å²) in [4.78, 5) is 23.5. The van der Waals surface area contributed by atoms with E-state index >= 15 is 0 Å². The summed E-state index contributed by atoms with van der Waals surface area (Å²) in [6.45, 7) is 1.59. The van der Waals surface area contributed by atoms with Crippen molar-refractivity contribution in [2.75, 3.05) is 39.1 Å². The van der Waals surface area contributed by atoms with E-state index in [4.69, 9.17) is 4.74 Å². The summed E-state index contributed by atoms with van der Waals surface area (Å²) in [7, 11) is 1.59. The molecule has 16 heavy (non-hydrogen) atoms. The zero-order valence-corrected chi connectivity index (χ0v) is 9.96. The number of carbonyl (C=O) groups excluding carboxylic acids is 2. The lowest BCUT2D eigenvalue weighted by atomic mass is 10.3. The van der Waals surface area contributed by atoms with E-state index in [-0.39, 0.29) is 23.4 Å². The molecule has 1 heterocycles. The molecule has 7 heteroatoms. The SMILES string of the molecule is COCCNCC(O)CN1C(=O)CSC1=O. The molecule has 1 unspecified atom stereocenters. The average Bonchev–Trinajstić information content (AvgIpc) is 2.56. The number of carbonyl (C=O) groups is 2. The summed E-state index contributed by atoms with van der Waals surface area (Å²) >= 11 is 0.973. The number of nitrogens with zero attached hydrogens (tertiary/aromatic N) is 1. The monoisotopic (exact) mass is 248 g/mol. The van der Waals surface area contributed by atoms with Gasteiger partial charge in [-0.05, 0) is 0 Å². The van der Waals surface area contributed by atoms with Crippen LogP contribution in [0.2, 0.25) is 0 Å². The third kappa shape index (κ3) is 4.09. The summed E-state index contributed by atoms with van der Waals surface area (Å²) in [5.74, 6) is -0.0474. The lowest BCUT2D eigenvalue weighted by Gasteiger charge is -2.17. The van der Waals surface area contributed by atoms with E-state index in [1.807, 2.05) is 0 Å². The van der Waals surface area contributed by atoms with Crippen molar-refractivity contribution in [1.29, 1.82) is 0 Å². The Kier molecular flexibility index (Phi) is 5.75. The molecule has 0 aliphatic carbocycles. The molecule has 0 radical (unpaired) electrons. The van der Waals surface area contributed by atoms with Gasteiger partial charge in [0.05, 0.1) is 25.0 Å². The Hall–Kier alpha value is -0.630. The Morgan fingerprint density at radius 2 is 2.38 bits per heavy atom. The third-order valence-corrected chi connectivity index (χ3v) is 2.96. The van der Waals surface area contributed by atoms with Crippen molar-refractivity contribution < 1.29 is 19.4 Å². The van der Waals surface area contributed by atoms with Gasteiger partial charge in [0, 0.05) is 20.2 Å². The minimum absolute atomic E-state index is 0.0602. The van der Waals surface area contributed by atoms with Crippen LogP contribution in [0.15, 0.2) is 0 Å². The molecule has 1 aliphatic heterocycles. The van der Waals surface area contributed by atoms with Gasteiger partial charge in [-0.3, -0.25) is 14.5 Å². The molecule has 0 saturated carbocycles. The molecule has 0 aromatic carbocycles. The molecule has 1 aliphatic rings. The van der Waals surface area contributed by atoms with Crippen LogP contribution in [0, 0.1) is 0 Å². The lowest BCUT2D eigenvalue weighted by Crippen LogP contribution is -2.41. The van der Waals surface area contributed by atoms with Crippen LogP contribution in [0.1, 0.15) is 0 Å². The quantitative estimate of drug-likeness (QED) is 0.579. The number of methoxy groups -OCH3 is 1. The Bertz CT molecular complexity index is 246. The number of nitrogens with one attached hydrogen (secondary N) is 1. The predicted molar refractivity (Wildman–Crippen MR) is 60.3 cm³/mol. The smallest absolute Gasteiger partial charge is 0.288 e. The van der Waals surface area contributed by atoms with E-state index in [9.17, 15) is 14.7 Å². The second kappa shape index (κ2) is 6.85. The fraction of sp³-hybridized carbons (Fsp3) is 0.778. The molecule has 2 amide bonds. The molecule has 1 saturated heterocycles. The highest BCUT2D eigenvalue weighted by Gasteiger charge is 2.31. The molecule has 0 aromatic rings. The molecule has 92 valence electrons.